The molecule has 27 heavy (non-hydrogen) atoms. The third-order valence-electron chi connectivity index (χ3n) is 6.25. The summed E-state index contributed by atoms with van der Waals surface area (Å²) in [6.45, 7) is 8.71. The molecule has 0 saturated heterocycles. The van der Waals surface area contributed by atoms with Crippen LogP contribution in [0.15, 0.2) is 43.1 Å². The van der Waals surface area contributed by atoms with Crippen LogP contribution < -0.4 is 5.32 Å². The van der Waals surface area contributed by atoms with Crippen LogP contribution in [0.2, 0.25) is 0 Å². The van der Waals surface area contributed by atoms with Gasteiger partial charge in [0.1, 0.15) is 0 Å². The van der Waals surface area contributed by atoms with Gasteiger partial charge in [0, 0.05) is 13.2 Å². The molecule has 1 N–H and O–H groups in total. The number of rotatable bonds is 7. The van der Waals surface area contributed by atoms with Gasteiger partial charge >= 0.3 is 0 Å². The molecule has 0 unspecified atom stereocenters. The fraction of sp³-hybridized carbons (Fsp3) is 0.480. The predicted molar refractivity (Wildman–Crippen MR) is 117 cm³/mol. The smallest absolute Gasteiger partial charge is 0.0860 e. The molecule has 144 valence electrons. The normalized spacial score (nSPS) is 19.7. The van der Waals surface area contributed by atoms with Crippen molar-refractivity contribution >= 4 is 5.70 Å². The number of hydrogen-bond donors (Lipinski definition) is 1. The molecule has 2 nitrogen and oxygen atoms in total. The van der Waals surface area contributed by atoms with E-state index in [9.17, 15) is 0 Å². The summed E-state index contributed by atoms with van der Waals surface area (Å²) in [6, 6.07) is 11.2. The molecule has 0 spiro atoms. The van der Waals surface area contributed by atoms with Gasteiger partial charge in [-0.3, -0.25) is 4.98 Å². The van der Waals surface area contributed by atoms with Gasteiger partial charge in [-0.15, -0.1) is 0 Å². The van der Waals surface area contributed by atoms with E-state index in [0.29, 0.717) is 0 Å². The zero-order chi connectivity index (χ0) is 19.2. The van der Waals surface area contributed by atoms with Crippen LogP contribution in [0.4, 0.5) is 0 Å². The van der Waals surface area contributed by atoms with Crippen molar-refractivity contribution in [1.29, 1.82) is 0 Å². The molecule has 0 amide bonds. The summed E-state index contributed by atoms with van der Waals surface area (Å²) in [5.74, 6) is 1.85. The second-order valence-corrected chi connectivity index (χ2v) is 8.16. The molecule has 0 atom stereocenters. The minimum absolute atomic E-state index is 0.855. The number of benzene rings is 1. The van der Waals surface area contributed by atoms with E-state index >= 15 is 0 Å². The average molecular weight is 363 g/mol. The Morgan fingerprint density at radius 3 is 2.52 bits per heavy atom. The topological polar surface area (TPSA) is 24.9 Å². The van der Waals surface area contributed by atoms with Crippen LogP contribution in [0, 0.1) is 11.8 Å². The highest BCUT2D eigenvalue weighted by Gasteiger charge is 2.18. The molecule has 1 heterocycles. The molecule has 0 bridgehead atoms. The molecular weight excluding hydrogens is 328 g/mol. The molecular formula is C25H34N2. The quantitative estimate of drug-likeness (QED) is 0.629. The maximum Gasteiger partial charge on any atom is 0.0860 e. The van der Waals surface area contributed by atoms with Gasteiger partial charge in [0.2, 0.25) is 0 Å². The Hall–Kier alpha value is -2.09. The molecule has 2 aromatic rings. The zero-order valence-electron chi connectivity index (χ0n) is 17.2. The molecule has 3 rings (SSSR count). The van der Waals surface area contributed by atoms with Crippen molar-refractivity contribution < 1.29 is 0 Å². The van der Waals surface area contributed by atoms with Crippen LogP contribution in [0.1, 0.15) is 62.8 Å². The van der Waals surface area contributed by atoms with Crippen LogP contribution in [0.5, 0.6) is 0 Å². The minimum Gasteiger partial charge on any atom is -0.387 e. The largest absolute Gasteiger partial charge is 0.387 e. The molecule has 0 aliphatic heterocycles. The van der Waals surface area contributed by atoms with E-state index in [0.717, 1.165) is 29.6 Å². The van der Waals surface area contributed by atoms with Crippen LogP contribution >= 0.6 is 0 Å². The first-order valence-corrected chi connectivity index (χ1v) is 10.6. The molecule has 1 saturated carbocycles. The minimum atomic E-state index is 0.855. The number of hydrogen-bond acceptors (Lipinski definition) is 2. The molecule has 1 aromatic carbocycles. The lowest BCUT2D eigenvalue weighted by Gasteiger charge is -2.26. The van der Waals surface area contributed by atoms with Crippen LogP contribution in [-0.4, -0.2) is 12.0 Å². The summed E-state index contributed by atoms with van der Waals surface area (Å²) in [6.07, 6.45) is 11.2. The highest BCUT2D eigenvalue weighted by molar-refractivity contribution is 5.69. The van der Waals surface area contributed by atoms with Crippen LogP contribution in [-0.2, 0) is 12.8 Å². The van der Waals surface area contributed by atoms with Crippen LogP contribution in [0.3, 0.4) is 0 Å². The van der Waals surface area contributed by atoms with Crippen molar-refractivity contribution in [3.8, 4) is 11.1 Å². The summed E-state index contributed by atoms with van der Waals surface area (Å²) >= 11 is 0. The summed E-state index contributed by atoms with van der Waals surface area (Å²) in [4.78, 5) is 4.43. The molecule has 0 radical (unpaired) electrons. The number of pyridine rings is 1. The first kappa shape index (κ1) is 19.7. The first-order chi connectivity index (χ1) is 13.1. The van der Waals surface area contributed by atoms with Gasteiger partial charge in [-0.25, -0.2) is 0 Å². The van der Waals surface area contributed by atoms with Gasteiger partial charge in [0.25, 0.3) is 0 Å². The molecule has 1 aliphatic carbocycles. The monoisotopic (exact) mass is 362 g/mol. The lowest BCUT2D eigenvalue weighted by atomic mass is 9.80. The number of aromatic nitrogens is 1. The fourth-order valence-electron chi connectivity index (χ4n) is 4.26. The van der Waals surface area contributed by atoms with Crippen molar-refractivity contribution in [1.82, 2.24) is 10.3 Å². The Kier molecular flexibility index (Phi) is 6.71. The van der Waals surface area contributed by atoms with E-state index in [2.05, 4.69) is 61.1 Å². The van der Waals surface area contributed by atoms with E-state index in [1.165, 1.54) is 60.8 Å². The Balaban J connectivity index is 1.78. The summed E-state index contributed by atoms with van der Waals surface area (Å²) in [7, 11) is 1.89. The number of nitrogens with one attached hydrogen (secondary N) is 1. The highest BCUT2D eigenvalue weighted by Crippen LogP contribution is 2.32. The van der Waals surface area contributed by atoms with Gasteiger partial charge < -0.3 is 5.32 Å². The second kappa shape index (κ2) is 9.21. The maximum absolute atomic E-state index is 4.43. The summed E-state index contributed by atoms with van der Waals surface area (Å²) in [5.41, 5.74) is 7.29. The Morgan fingerprint density at radius 1 is 1.07 bits per heavy atom. The van der Waals surface area contributed by atoms with Crippen molar-refractivity contribution in [2.75, 3.05) is 7.05 Å². The zero-order valence-corrected chi connectivity index (χ0v) is 17.2. The molecule has 1 aromatic heterocycles. The third kappa shape index (κ3) is 5.00. The van der Waals surface area contributed by atoms with E-state index in [1.54, 1.807) is 0 Å². The lowest BCUT2D eigenvalue weighted by Crippen LogP contribution is -2.13. The van der Waals surface area contributed by atoms with E-state index in [4.69, 9.17) is 0 Å². The SMILES string of the molecule is C=C(NC)c1cc(-c2ccc(CC)c(CCC3CCC(C)CC3)c2)ccn1. The molecule has 1 fully saturated rings. The first-order valence-electron chi connectivity index (χ1n) is 10.6. The van der Waals surface area contributed by atoms with Crippen molar-refractivity contribution in [3.05, 3.63) is 59.9 Å². The Labute approximate surface area is 165 Å². The van der Waals surface area contributed by atoms with Gasteiger partial charge in [0.15, 0.2) is 0 Å². The summed E-state index contributed by atoms with van der Waals surface area (Å²) < 4.78 is 0. The van der Waals surface area contributed by atoms with Gasteiger partial charge in [-0.05, 0) is 65.5 Å². The number of nitrogens with zero attached hydrogens (tertiary/aromatic N) is 1. The fourth-order valence-corrected chi connectivity index (χ4v) is 4.26. The molecule has 2 heteroatoms. The standard InChI is InChI=1S/C25H34N2/c1-5-21-12-13-23(24-14-15-27-25(17-24)19(3)26-4)16-22(21)11-10-20-8-6-18(2)7-9-20/h12-18,20,26H,3,5-11H2,1-2,4H3. The van der Waals surface area contributed by atoms with E-state index in [1.807, 2.05) is 13.2 Å². The lowest BCUT2D eigenvalue weighted by molar-refractivity contribution is 0.277. The average Bonchev–Trinajstić information content (AvgIpc) is 2.72. The highest BCUT2D eigenvalue weighted by atomic mass is 14.9. The van der Waals surface area contributed by atoms with Gasteiger partial charge in [0.05, 0.1) is 11.4 Å². The number of aryl methyl sites for hydroxylation is 2. The maximum atomic E-state index is 4.43. The second-order valence-electron chi connectivity index (χ2n) is 8.16. The van der Waals surface area contributed by atoms with Crippen molar-refractivity contribution in [3.63, 3.8) is 0 Å². The predicted octanol–water partition coefficient (Wildman–Crippen LogP) is 6.26. The van der Waals surface area contributed by atoms with Crippen molar-refractivity contribution in [2.45, 2.75) is 58.8 Å². The van der Waals surface area contributed by atoms with Crippen molar-refractivity contribution in [2.24, 2.45) is 11.8 Å². The van der Waals surface area contributed by atoms with Gasteiger partial charge in [-0.1, -0.05) is 64.3 Å². The van der Waals surface area contributed by atoms with Crippen LogP contribution in [0.25, 0.3) is 16.8 Å². The molecule has 1 aliphatic rings. The van der Waals surface area contributed by atoms with E-state index < -0.39 is 0 Å². The Morgan fingerprint density at radius 2 is 1.81 bits per heavy atom. The third-order valence-corrected chi connectivity index (χ3v) is 6.25. The summed E-state index contributed by atoms with van der Waals surface area (Å²) in [5, 5.41) is 3.09. The Bertz CT molecular complexity index is 770. The van der Waals surface area contributed by atoms with E-state index in [-0.39, 0.29) is 0 Å². The van der Waals surface area contributed by atoms with Gasteiger partial charge in [-0.2, -0.15) is 0 Å².